The zero-order valence-corrected chi connectivity index (χ0v) is 15.5. The van der Waals surface area contributed by atoms with E-state index in [4.69, 9.17) is 14.0 Å². The molecule has 27 heavy (non-hydrogen) atoms. The monoisotopic (exact) mass is 365 g/mol. The van der Waals surface area contributed by atoms with E-state index in [-0.39, 0.29) is 6.04 Å². The molecule has 0 aliphatic carbocycles. The van der Waals surface area contributed by atoms with Gasteiger partial charge in [-0.25, -0.2) is 4.68 Å². The second-order valence-electron chi connectivity index (χ2n) is 6.30. The molecule has 0 atom stereocenters. The van der Waals surface area contributed by atoms with Crippen LogP contribution in [0.25, 0.3) is 33.9 Å². The van der Waals surface area contributed by atoms with Gasteiger partial charge in [-0.2, -0.15) is 4.98 Å². The topological polar surface area (TPSA) is 88.1 Å². The first-order valence-corrected chi connectivity index (χ1v) is 8.52. The van der Waals surface area contributed by atoms with E-state index in [2.05, 4.69) is 34.3 Å². The van der Waals surface area contributed by atoms with Crippen molar-refractivity contribution in [3.63, 3.8) is 0 Å². The summed E-state index contributed by atoms with van der Waals surface area (Å²) in [7, 11) is 3.16. The molecule has 0 N–H and O–H groups in total. The molecule has 0 bridgehead atoms. The van der Waals surface area contributed by atoms with Crippen molar-refractivity contribution in [2.75, 3.05) is 14.2 Å². The van der Waals surface area contributed by atoms with Crippen LogP contribution in [0.2, 0.25) is 0 Å². The summed E-state index contributed by atoms with van der Waals surface area (Å²) in [4.78, 5) is 4.54. The maximum atomic E-state index is 5.48. The molecule has 2 aromatic carbocycles. The normalized spacial score (nSPS) is 11.3. The third kappa shape index (κ3) is 2.88. The summed E-state index contributed by atoms with van der Waals surface area (Å²) >= 11 is 0. The van der Waals surface area contributed by atoms with E-state index in [0.717, 1.165) is 16.6 Å². The number of benzene rings is 2. The lowest BCUT2D eigenvalue weighted by atomic mass is 10.1. The molecule has 4 rings (SSSR count). The number of ether oxygens (including phenoxy) is 2. The zero-order chi connectivity index (χ0) is 19.0. The minimum atomic E-state index is 0.201. The highest BCUT2D eigenvalue weighted by Gasteiger charge is 2.18. The Hall–Kier alpha value is -3.42. The summed E-state index contributed by atoms with van der Waals surface area (Å²) in [6.45, 7) is 4.12. The zero-order valence-electron chi connectivity index (χ0n) is 15.5. The number of rotatable bonds is 5. The lowest BCUT2D eigenvalue weighted by Crippen LogP contribution is -2.02. The average molecular weight is 365 g/mol. The van der Waals surface area contributed by atoms with Gasteiger partial charge in [0.25, 0.3) is 5.89 Å². The molecule has 0 saturated heterocycles. The van der Waals surface area contributed by atoms with Crippen LogP contribution < -0.4 is 9.47 Å². The Balaban J connectivity index is 1.77. The molecule has 0 saturated carbocycles. The standard InChI is InChI=1S/C19H19N5O3/c1-11(2)24-15-10-12(8-9-14(15)21-23-24)18-20-19(27-22-18)13-6-5-7-16(25-3)17(13)26-4/h5-11H,1-4H3. The number of hydrogen-bond donors (Lipinski definition) is 0. The molecule has 2 aromatic heterocycles. The first kappa shape index (κ1) is 17.0. The molecule has 0 aliphatic rings. The molecule has 8 nitrogen and oxygen atoms in total. The van der Waals surface area contributed by atoms with Crippen LogP contribution in [0, 0.1) is 0 Å². The molecule has 0 fully saturated rings. The summed E-state index contributed by atoms with van der Waals surface area (Å²) in [5, 5.41) is 12.5. The minimum absolute atomic E-state index is 0.201. The Morgan fingerprint density at radius 2 is 1.93 bits per heavy atom. The number of fused-ring (bicyclic) bond motifs is 1. The fraction of sp³-hybridized carbons (Fsp3) is 0.263. The molecular formula is C19H19N5O3. The van der Waals surface area contributed by atoms with Crippen LogP contribution in [-0.4, -0.2) is 39.4 Å². The van der Waals surface area contributed by atoms with Gasteiger partial charge in [-0.05, 0) is 44.2 Å². The Morgan fingerprint density at radius 3 is 2.67 bits per heavy atom. The van der Waals surface area contributed by atoms with Crippen molar-refractivity contribution >= 4 is 11.0 Å². The van der Waals surface area contributed by atoms with E-state index in [1.165, 1.54) is 0 Å². The Bertz CT molecular complexity index is 1100. The fourth-order valence-electron chi connectivity index (χ4n) is 2.96. The van der Waals surface area contributed by atoms with Crippen LogP contribution in [0.4, 0.5) is 0 Å². The van der Waals surface area contributed by atoms with Gasteiger partial charge in [0, 0.05) is 11.6 Å². The Morgan fingerprint density at radius 1 is 1.07 bits per heavy atom. The fourth-order valence-corrected chi connectivity index (χ4v) is 2.96. The third-order valence-electron chi connectivity index (χ3n) is 4.28. The van der Waals surface area contributed by atoms with Crippen LogP contribution >= 0.6 is 0 Å². The maximum Gasteiger partial charge on any atom is 0.262 e. The van der Waals surface area contributed by atoms with Gasteiger partial charge in [0.2, 0.25) is 5.82 Å². The number of para-hydroxylation sites is 1. The van der Waals surface area contributed by atoms with Crippen molar-refractivity contribution in [1.82, 2.24) is 25.1 Å². The number of nitrogens with zero attached hydrogens (tertiary/aromatic N) is 5. The van der Waals surface area contributed by atoms with E-state index in [9.17, 15) is 0 Å². The summed E-state index contributed by atoms with van der Waals surface area (Å²) < 4.78 is 18.1. The molecule has 0 spiro atoms. The van der Waals surface area contributed by atoms with E-state index in [1.807, 2.05) is 41.1 Å². The van der Waals surface area contributed by atoms with Crippen LogP contribution in [0.3, 0.4) is 0 Å². The van der Waals surface area contributed by atoms with Crippen molar-refractivity contribution < 1.29 is 14.0 Å². The van der Waals surface area contributed by atoms with Gasteiger partial charge >= 0.3 is 0 Å². The number of hydrogen-bond acceptors (Lipinski definition) is 7. The summed E-state index contributed by atoms with van der Waals surface area (Å²) in [6.07, 6.45) is 0. The third-order valence-corrected chi connectivity index (χ3v) is 4.28. The molecule has 0 amide bonds. The van der Waals surface area contributed by atoms with Gasteiger partial charge in [0.1, 0.15) is 5.52 Å². The van der Waals surface area contributed by atoms with Crippen LogP contribution in [0.15, 0.2) is 40.9 Å². The molecule has 0 radical (unpaired) electrons. The lowest BCUT2D eigenvalue weighted by Gasteiger charge is -2.09. The second-order valence-corrected chi connectivity index (χ2v) is 6.30. The van der Waals surface area contributed by atoms with Crippen molar-refractivity contribution in [2.45, 2.75) is 19.9 Å². The molecule has 0 unspecified atom stereocenters. The van der Waals surface area contributed by atoms with Gasteiger partial charge in [-0.3, -0.25) is 0 Å². The molecule has 2 heterocycles. The number of methoxy groups -OCH3 is 2. The maximum absolute atomic E-state index is 5.48. The molecule has 0 aliphatic heterocycles. The largest absolute Gasteiger partial charge is 0.493 e. The lowest BCUT2D eigenvalue weighted by molar-refractivity contribution is 0.353. The first-order chi connectivity index (χ1) is 13.1. The Kier molecular flexibility index (Phi) is 4.23. The van der Waals surface area contributed by atoms with Crippen LogP contribution in [-0.2, 0) is 0 Å². The van der Waals surface area contributed by atoms with E-state index in [1.54, 1.807) is 14.2 Å². The van der Waals surface area contributed by atoms with Crippen LogP contribution in [0.1, 0.15) is 19.9 Å². The quantitative estimate of drug-likeness (QED) is 0.532. The molecule has 138 valence electrons. The summed E-state index contributed by atoms with van der Waals surface area (Å²) in [5.41, 5.74) is 3.24. The smallest absolute Gasteiger partial charge is 0.262 e. The Labute approximate surface area is 155 Å². The molecule has 4 aromatic rings. The van der Waals surface area contributed by atoms with Gasteiger partial charge in [0.15, 0.2) is 11.5 Å². The first-order valence-electron chi connectivity index (χ1n) is 8.52. The minimum Gasteiger partial charge on any atom is -0.493 e. The molecular weight excluding hydrogens is 346 g/mol. The second kappa shape index (κ2) is 6.71. The van der Waals surface area contributed by atoms with Gasteiger partial charge < -0.3 is 14.0 Å². The van der Waals surface area contributed by atoms with Gasteiger partial charge in [-0.15, -0.1) is 5.10 Å². The highest BCUT2D eigenvalue weighted by atomic mass is 16.5. The highest BCUT2D eigenvalue weighted by Crippen LogP contribution is 2.37. The van der Waals surface area contributed by atoms with Crippen molar-refractivity contribution in [3.8, 4) is 34.3 Å². The van der Waals surface area contributed by atoms with Gasteiger partial charge in [-0.1, -0.05) is 16.4 Å². The number of aromatic nitrogens is 5. The van der Waals surface area contributed by atoms with Crippen molar-refractivity contribution in [2.24, 2.45) is 0 Å². The highest BCUT2D eigenvalue weighted by molar-refractivity contribution is 5.80. The van der Waals surface area contributed by atoms with Crippen LogP contribution in [0.5, 0.6) is 11.5 Å². The SMILES string of the molecule is COc1cccc(-c2nc(-c3ccc4nnn(C(C)C)c4c3)no2)c1OC. The van der Waals surface area contributed by atoms with Crippen molar-refractivity contribution in [1.29, 1.82) is 0 Å². The predicted molar refractivity (Wildman–Crippen MR) is 99.7 cm³/mol. The van der Waals surface area contributed by atoms with E-state index < -0.39 is 0 Å². The average Bonchev–Trinajstić information content (AvgIpc) is 3.33. The summed E-state index contributed by atoms with van der Waals surface area (Å²) in [5.74, 6) is 1.99. The van der Waals surface area contributed by atoms with E-state index in [0.29, 0.717) is 28.8 Å². The van der Waals surface area contributed by atoms with E-state index >= 15 is 0 Å². The summed E-state index contributed by atoms with van der Waals surface area (Å²) in [6, 6.07) is 11.5. The predicted octanol–water partition coefficient (Wildman–Crippen LogP) is 3.75. The van der Waals surface area contributed by atoms with Gasteiger partial charge in [0.05, 0.1) is 25.3 Å². The van der Waals surface area contributed by atoms with Crippen molar-refractivity contribution in [3.05, 3.63) is 36.4 Å². The molecule has 8 heteroatoms.